The molecule has 0 atom stereocenters. The zero-order chi connectivity index (χ0) is 21.3. The number of amides is 1. The Morgan fingerprint density at radius 2 is 1.73 bits per heavy atom. The van der Waals surface area contributed by atoms with Crippen LogP contribution in [0.4, 0.5) is 5.69 Å². The summed E-state index contributed by atoms with van der Waals surface area (Å²) in [6, 6.07) is 20.4. The number of nitrogens with one attached hydrogen (secondary N) is 1. The molecule has 0 aliphatic heterocycles. The van der Waals surface area contributed by atoms with Gasteiger partial charge in [-0.3, -0.25) is 4.79 Å². The molecule has 7 heteroatoms. The quantitative estimate of drug-likeness (QED) is 0.419. The van der Waals surface area contributed by atoms with E-state index in [4.69, 9.17) is 23.2 Å². The molecule has 0 bridgehead atoms. The highest BCUT2D eigenvalue weighted by molar-refractivity contribution is 6.31. The van der Waals surface area contributed by atoms with E-state index in [2.05, 4.69) is 15.4 Å². The summed E-state index contributed by atoms with van der Waals surface area (Å²) in [5, 5.41) is 8.47. The molecule has 4 rings (SSSR count). The van der Waals surface area contributed by atoms with Crippen LogP contribution in [-0.2, 0) is 0 Å². The lowest BCUT2D eigenvalue weighted by molar-refractivity contribution is 0.101. The van der Waals surface area contributed by atoms with Gasteiger partial charge in [-0.2, -0.15) is 0 Å². The number of carbonyl (C=O) groups is 1. The Hall–Kier alpha value is -3.15. The molecule has 1 aromatic heterocycles. The number of aryl methyl sites for hydroxylation is 2. The minimum Gasteiger partial charge on any atom is -0.319 e. The molecule has 1 amide bonds. The van der Waals surface area contributed by atoms with Crippen molar-refractivity contribution >= 4 is 34.8 Å². The molecule has 1 heterocycles. The van der Waals surface area contributed by atoms with Crippen molar-refractivity contribution in [3.63, 3.8) is 0 Å². The number of hydrogen-bond donors (Lipinski definition) is 1. The van der Waals surface area contributed by atoms with Gasteiger partial charge in [0.25, 0.3) is 5.91 Å². The van der Waals surface area contributed by atoms with Gasteiger partial charge in [-0.15, -0.1) is 5.10 Å². The second kappa shape index (κ2) is 8.30. The van der Waals surface area contributed by atoms with Gasteiger partial charge < -0.3 is 5.32 Å². The Morgan fingerprint density at radius 3 is 2.43 bits per heavy atom. The Kier molecular flexibility index (Phi) is 5.57. The molecule has 3 aromatic carbocycles. The molecule has 0 aliphatic carbocycles. The van der Waals surface area contributed by atoms with Crippen LogP contribution in [0.1, 0.15) is 21.7 Å². The van der Waals surface area contributed by atoms with E-state index in [1.807, 2.05) is 56.3 Å². The number of carbonyl (C=O) groups excluding carboxylic acids is 1. The van der Waals surface area contributed by atoms with Crippen LogP contribution in [0.5, 0.6) is 0 Å². The average Bonchev–Trinajstić information content (AvgIpc) is 3.17. The van der Waals surface area contributed by atoms with Crippen molar-refractivity contribution in [1.82, 2.24) is 14.8 Å². The Balaban J connectivity index is 1.75. The summed E-state index contributed by atoms with van der Waals surface area (Å²) in [6.07, 6.45) is 0. The molecule has 30 heavy (non-hydrogen) atoms. The van der Waals surface area contributed by atoms with E-state index in [9.17, 15) is 4.79 Å². The zero-order valence-electron chi connectivity index (χ0n) is 16.4. The maximum Gasteiger partial charge on any atom is 0.295 e. The van der Waals surface area contributed by atoms with Crippen LogP contribution in [0, 0.1) is 13.8 Å². The first-order chi connectivity index (χ1) is 14.4. The monoisotopic (exact) mass is 436 g/mol. The molecule has 0 spiro atoms. The van der Waals surface area contributed by atoms with E-state index in [0.717, 1.165) is 22.4 Å². The van der Waals surface area contributed by atoms with Crippen LogP contribution in [0.3, 0.4) is 0 Å². The van der Waals surface area contributed by atoms with Gasteiger partial charge in [0.15, 0.2) is 5.82 Å². The number of anilines is 1. The van der Waals surface area contributed by atoms with E-state index in [1.54, 1.807) is 28.9 Å². The number of nitrogens with zero attached hydrogens (tertiary/aromatic N) is 3. The molecule has 0 fully saturated rings. The molecule has 0 radical (unpaired) electrons. The van der Waals surface area contributed by atoms with Crippen LogP contribution in [0.2, 0.25) is 10.0 Å². The second-order valence-corrected chi connectivity index (χ2v) is 7.78. The highest BCUT2D eigenvalue weighted by Crippen LogP contribution is 2.24. The summed E-state index contributed by atoms with van der Waals surface area (Å²) in [6.45, 7) is 3.90. The fourth-order valence-corrected chi connectivity index (χ4v) is 3.31. The van der Waals surface area contributed by atoms with Gasteiger partial charge >= 0.3 is 0 Å². The Labute approximate surface area is 184 Å². The highest BCUT2D eigenvalue weighted by atomic mass is 35.5. The Bertz CT molecular complexity index is 1230. The molecular formula is C23H18Cl2N4O. The number of aromatic nitrogens is 3. The maximum absolute atomic E-state index is 12.8. The normalized spacial score (nSPS) is 10.8. The fraction of sp³-hybridized carbons (Fsp3) is 0.0870. The third-order valence-electron chi connectivity index (χ3n) is 4.59. The molecule has 1 N–H and O–H groups in total. The van der Waals surface area contributed by atoms with Crippen LogP contribution in [0.25, 0.3) is 17.1 Å². The first kappa shape index (κ1) is 20.1. The van der Waals surface area contributed by atoms with Crippen LogP contribution in [0.15, 0.2) is 66.7 Å². The van der Waals surface area contributed by atoms with Crippen LogP contribution < -0.4 is 5.32 Å². The topological polar surface area (TPSA) is 59.8 Å². The molecule has 0 unspecified atom stereocenters. The Morgan fingerprint density at radius 1 is 0.967 bits per heavy atom. The van der Waals surface area contributed by atoms with Crippen LogP contribution >= 0.6 is 23.2 Å². The van der Waals surface area contributed by atoms with E-state index in [-0.39, 0.29) is 5.82 Å². The summed E-state index contributed by atoms with van der Waals surface area (Å²) in [5.41, 5.74) is 4.20. The van der Waals surface area contributed by atoms with Gasteiger partial charge in [0.2, 0.25) is 5.82 Å². The lowest BCUT2D eigenvalue weighted by Crippen LogP contribution is -2.14. The summed E-state index contributed by atoms with van der Waals surface area (Å²) in [7, 11) is 0. The summed E-state index contributed by atoms with van der Waals surface area (Å²) >= 11 is 12.2. The van der Waals surface area contributed by atoms with Gasteiger partial charge in [-0.25, -0.2) is 9.67 Å². The number of hydrogen-bond acceptors (Lipinski definition) is 3. The minimum atomic E-state index is -0.420. The molecular weight excluding hydrogens is 419 g/mol. The smallest absolute Gasteiger partial charge is 0.295 e. The van der Waals surface area contributed by atoms with Gasteiger partial charge in [0, 0.05) is 21.3 Å². The van der Waals surface area contributed by atoms with Crippen molar-refractivity contribution in [2.75, 3.05) is 5.32 Å². The standard InChI is InChI=1S/C23H18Cl2N4O/c1-14-4-3-5-16(12-14)22-27-21(28-29(22)19-10-7-17(24)8-11-19)23(30)26-18-9-6-15(2)20(25)13-18/h3-13H,1-2H3,(H,26,30). The third kappa shape index (κ3) is 4.22. The highest BCUT2D eigenvalue weighted by Gasteiger charge is 2.19. The molecule has 5 nitrogen and oxygen atoms in total. The van der Waals surface area contributed by atoms with Gasteiger partial charge in [0.1, 0.15) is 0 Å². The van der Waals surface area contributed by atoms with Crippen molar-refractivity contribution < 1.29 is 4.79 Å². The number of benzene rings is 3. The first-order valence-corrected chi connectivity index (χ1v) is 10.0. The largest absolute Gasteiger partial charge is 0.319 e. The van der Waals surface area contributed by atoms with Crippen LogP contribution in [-0.4, -0.2) is 20.7 Å². The second-order valence-electron chi connectivity index (χ2n) is 6.93. The van der Waals surface area contributed by atoms with Crippen molar-refractivity contribution in [2.24, 2.45) is 0 Å². The van der Waals surface area contributed by atoms with E-state index < -0.39 is 5.91 Å². The van der Waals surface area contributed by atoms with Crippen molar-refractivity contribution in [2.45, 2.75) is 13.8 Å². The number of rotatable bonds is 4. The average molecular weight is 437 g/mol. The fourth-order valence-electron chi connectivity index (χ4n) is 3.00. The van der Waals surface area contributed by atoms with Crippen molar-refractivity contribution in [3.8, 4) is 17.1 Å². The number of halogens is 2. The zero-order valence-corrected chi connectivity index (χ0v) is 17.9. The SMILES string of the molecule is Cc1cccc(-c2nc(C(=O)Nc3ccc(C)c(Cl)c3)nn2-c2ccc(Cl)cc2)c1. The van der Waals surface area contributed by atoms with Crippen molar-refractivity contribution in [3.05, 3.63) is 93.7 Å². The molecule has 150 valence electrons. The first-order valence-electron chi connectivity index (χ1n) is 9.28. The molecule has 0 saturated carbocycles. The predicted octanol–water partition coefficient (Wildman–Crippen LogP) is 6.11. The van der Waals surface area contributed by atoms with Gasteiger partial charge in [-0.1, -0.05) is 53.0 Å². The summed E-state index contributed by atoms with van der Waals surface area (Å²) in [5.74, 6) is 0.197. The molecule has 4 aromatic rings. The summed E-state index contributed by atoms with van der Waals surface area (Å²) in [4.78, 5) is 17.4. The third-order valence-corrected chi connectivity index (χ3v) is 5.25. The lowest BCUT2D eigenvalue weighted by atomic mass is 10.1. The van der Waals surface area contributed by atoms with E-state index in [0.29, 0.717) is 21.6 Å². The van der Waals surface area contributed by atoms with Crippen molar-refractivity contribution in [1.29, 1.82) is 0 Å². The lowest BCUT2D eigenvalue weighted by Gasteiger charge is -2.06. The van der Waals surface area contributed by atoms with E-state index in [1.165, 1.54) is 0 Å². The predicted molar refractivity (Wildman–Crippen MR) is 121 cm³/mol. The maximum atomic E-state index is 12.8. The van der Waals surface area contributed by atoms with E-state index >= 15 is 0 Å². The summed E-state index contributed by atoms with van der Waals surface area (Å²) < 4.78 is 1.64. The van der Waals surface area contributed by atoms with Gasteiger partial charge in [0.05, 0.1) is 5.69 Å². The molecule has 0 saturated heterocycles. The minimum absolute atomic E-state index is 0.0538. The molecule has 0 aliphatic rings. The van der Waals surface area contributed by atoms with Gasteiger partial charge in [-0.05, 0) is 61.9 Å².